The summed E-state index contributed by atoms with van der Waals surface area (Å²) < 4.78 is 6.09. The molecule has 0 spiro atoms. The van der Waals surface area contributed by atoms with E-state index in [1.807, 2.05) is 103 Å². The zero-order valence-corrected chi connectivity index (χ0v) is 19.2. The molecule has 0 atom stereocenters. The molecule has 172 valence electrons. The number of pyridine rings is 1. The lowest BCUT2D eigenvalue weighted by atomic mass is 10.1. The molecule has 2 aromatic heterocycles. The molecule has 0 fully saturated rings. The van der Waals surface area contributed by atoms with E-state index in [9.17, 15) is 5.11 Å². The van der Waals surface area contributed by atoms with E-state index >= 15 is 0 Å². The Bertz CT molecular complexity index is 1680. The SMILES string of the molecule is Oc1ccccc1-c1cc(-c2ccccc2)nc(-c2cccc(Oc3cc4ccccc4cn3)c2)n1. The number of aromatic hydroxyl groups is 1. The molecule has 0 saturated heterocycles. The van der Waals surface area contributed by atoms with E-state index in [4.69, 9.17) is 14.7 Å². The maximum Gasteiger partial charge on any atom is 0.219 e. The van der Waals surface area contributed by atoms with Crippen molar-refractivity contribution in [2.45, 2.75) is 0 Å². The Labute approximate surface area is 208 Å². The number of benzene rings is 4. The number of aromatic nitrogens is 3. The monoisotopic (exact) mass is 467 g/mol. The first kappa shape index (κ1) is 21.5. The number of ether oxygens (including phenoxy) is 1. The van der Waals surface area contributed by atoms with Gasteiger partial charge in [-0.2, -0.15) is 0 Å². The number of phenols is 1. The standard InChI is InChI=1S/C31H21N3O2/c35-29-16-7-6-15-26(29)28-19-27(21-9-2-1-3-10-21)33-31(34-28)23-13-8-14-25(17-23)36-30-18-22-11-4-5-12-24(22)20-32-30/h1-20,35H. The Morgan fingerprint density at radius 3 is 2.17 bits per heavy atom. The van der Waals surface area contributed by atoms with E-state index in [1.54, 1.807) is 18.3 Å². The van der Waals surface area contributed by atoms with Crippen LogP contribution in [0.15, 0.2) is 121 Å². The number of fused-ring (bicyclic) bond motifs is 1. The third-order valence-corrected chi connectivity index (χ3v) is 5.90. The lowest BCUT2D eigenvalue weighted by Gasteiger charge is -2.11. The van der Waals surface area contributed by atoms with Crippen LogP contribution >= 0.6 is 0 Å². The van der Waals surface area contributed by atoms with E-state index in [0.717, 1.165) is 27.6 Å². The summed E-state index contributed by atoms with van der Waals surface area (Å²) in [6, 6.07) is 36.6. The van der Waals surface area contributed by atoms with Gasteiger partial charge in [-0.15, -0.1) is 0 Å². The maximum atomic E-state index is 10.5. The van der Waals surface area contributed by atoms with Crippen LogP contribution in [0, 0.1) is 0 Å². The minimum absolute atomic E-state index is 0.167. The summed E-state index contributed by atoms with van der Waals surface area (Å²) in [5.74, 6) is 1.85. The van der Waals surface area contributed by atoms with E-state index in [-0.39, 0.29) is 5.75 Å². The summed E-state index contributed by atoms with van der Waals surface area (Å²) >= 11 is 0. The molecule has 0 saturated carbocycles. The molecule has 0 aliphatic heterocycles. The fraction of sp³-hybridized carbons (Fsp3) is 0. The molecule has 6 aromatic rings. The van der Waals surface area contributed by atoms with Gasteiger partial charge in [-0.25, -0.2) is 15.0 Å². The average Bonchev–Trinajstić information content (AvgIpc) is 2.94. The van der Waals surface area contributed by atoms with Crippen LogP contribution in [-0.4, -0.2) is 20.1 Å². The summed E-state index contributed by atoms with van der Waals surface area (Å²) in [5.41, 5.74) is 3.81. The molecule has 0 aliphatic rings. The second kappa shape index (κ2) is 9.31. The predicted octanol–water partition coefficient (Wildman–Crippen LogP) is 7.52. The topological polar surface area (TPSA) is 68.1 Å². The highest BCUT2D eigenvalue weighted by Crippen LogP contribution is 2.33. The largest absolute Gasteiger partial charge is 0.507 e. The fourth-order valence-electron chi connectivity index (χ4n) is 4.10. The van der Waals surface area contributed by atoms with Crippen molar-refractivity contribution in [3.05, 3.63) is 121 Å². The van der Waals surface area contributed by atoms with E-state index in [0.29, 0.717) is 28.7 Å². The minimum atomic E-state index is 0.167. The van der Waals surface area contributed by atoms with Gasteiger partial charge in [0.15, 0.2) is 5.82 Å². The van der Waals surface area contributed by atoms with E-state index in [1.165, 1.54) is 0 Å². The molecule has 0 unspecified atom stereocenters. The Balaban J connectivity index is 1.42. The van der Waals surface area contributed by atoms with Crippen LogP contribution in [0.5, 0.6) is 17.4 Å². The molecule has 36 heavy (non-hydrogen) atoms. The van der Waals surface area contributed by atoms with Gasteiger partial charge >= 0.3 is 0 Å². The van der Waals surface area contributed by atoms with Gasteiger partial charge in [-0.3, -0.25) is 0 Å². The molecule has 1 N–H and O–H groups in total. The first-order valence-electron chi connectivity index (χ1n) is 11.6. The summed E-state index contributed by atoms with van der Waals surface area (Å²) in [7, 11) is 0. The van der Waals surface area contributed by atoms with Gasteiger partial charge in [0.2, 0.25) is 5.88 Å². The van der Waals surface area contributed by atoms with Crippen molar-refractivity contribution in [1.29, 1.82) is 0 Å². The van der Waals surface area contributed by atoms with Crippen LogP contribution in [0.1, 0.15) is 0 Å². The molecule has 0 amide bonds. The number of hydrogen-bond donors (Lipinski definition) is 1. The van der Waals surface area contributed by atoms with Crippen molar-refractivity contribution in [1.82, 2.24) is 15.0 Å². The van der Waals surface area contributed by atoms with Crippen molar-refractivity contribution in [3.8, 4) is 51.3 Å². The van der Waals surface area contributed by atoms with Gasteiger partial charge in [0.1, 0.15) is 11.5 Å². The van der Waals surface area contributed by atoms with E-state index < -0.39 is 0 Å². The van der Waals surface area contributed by atoms with Crippen molar-refractivity contribution in [3.63, 3.8) is 0 Å². The normalized spacial score (nSPS) is 10.9. The highest BCUT2D eigenvalue weighted by atomic mass is 16.5. The van der Waals surface area contributed by atoms with Crippen LogP contribution < -0.4 is 4.74 Å². The van der Waals surface area contributed by atoms with Crippen molar-refractivity contribution < 1.29 is 9.84 Å². The highest BCUT2D eigenvalue weighted by molar-refractivity contribution is 5.82. The third kappa shape index (κ3) is 4.38. The minimum Gasteiger partial charge on any atom is -0.507 e. The quantitative estimate of drug-likeness (QED) is 0.284. The first-order valence-corrected chi connectivity index (χ1v) is 11.6. The predicted molar refractivity (Wildman–Crippen MR) is 142 cm³/mol. The van der Waals surface area contributed by atoms with Gasteiger partial charge in [0, 0.05) is 34.3 Å². The van der Waals surface area contributed by atoms with Gasteiger partial charge < -0.3 is 9.84 Å². The number of para-hydroxylation sites is 1. The molecular weight excluding hydrogens is 446 g/mol. The molecule has 0 radical (unpaired) electrons. The average molecular weight is 468 g/mol. The highest BCUT2D eigenvalue weighted by Gasteiger charge is 2.13. The zero-order valence-electron chi connectivity index (χ0n) is 19.2. The Morgan fingerprint density at radius 2 is 1.31 bits per heavy atom. The molecule has 2 heterocycles. The number of nitrogens with zero attached hydrogens (tertiary/aromatic N) is 3. The zero-order chi connectivity index (χ0) is 24.3. The molecule has 0 aliphatic carbocycles. The molecule has 0 bridgehead atoms. The lowest BCUT2D eigenvalue weighted by molar-refractivity contribution is 0.464. The van der Waals surface area contributed by atoms with Crippen LogP contribution in [0.25, 0.3) is 44.7 Å². The van der Waals surface area contributed by atoms with Crippen molar-refractivity contribution in [2.75, 3.05) is 0 Å². The second-order valence-electron chi connectivity index (χ2n) is 8.34. The summed E-state index contributed by atoms with van der Waals surface area (Å²) in [4.78, 5) is 14.1. The van der Waals surface area contributed by atoms with E-state index in [2.05, 4.69) is 4.98 Å². The Kier molecular flexibility index (Phi) is 5.56. The molecule has 4 aromatic carbocycles. The maximum absolute atomic E-state index is 10.5. The first-order chi connectivity index (χ1) is 17.7. The summed E-state index contributed by atoms with van der Waals surface area (Å²) in [6.45, 7) is 0. The molecule has 6 rings (SSSR count). The van der Waals surface area contributed by atoms with Crippen LogP contribution in [-0.2, 0) is 0 Å². The third-order valence-electron chi connectivity index (χ3n) is 5.90. The fourth-order valence-corrected chi connectivity index (χ4v) is 4.10. The van der Waals surface area contributed by atoms with Gasteiger partial charge in [-0.05, 0) is 35.7 Å². The Hall–Kier alpha value is -5.03. The van der Waals surface area contributed by atoms with Gasteiger partial charge in [0.05, 0.1) is 11.4 Å². The molecule has 5 nitrogen and oxygen atoms in total. The van der Waals surface area contributed by atoms with Crippen molar-refractivity contribution >= 4 is 10.8 Å². The number of phenolic OH excluding ortho intramolecular Hbond substituents is 1. The molecular formula is C31H21N3O2. The van der Waals surface area contributed by atoms with Crippen LogP contribution in [0.3, 0.4) is 0 Å². The second-order valence-corrected chi connectivity index (χ2v) is 8.34. The van der Waals surface area contributed by atoms with Crippen LogP contribution in [0.2, 0.25) is 0 Å². The summed E-state index contributed by atoms with van der Waals surface area (Å²) in [5, 5.41) is 12.6. The van der Waals surface area contributed by atoms with Crippen LogP contribution in [0.4, 0.5) is 0 Å². The summed E-state index contributed by atoms with van der Waals surface area (Å²) in [6.07, 6.45) is 1.81. The molecule has 5 heteroatoms. The van der Waals surface area contributed by atoms with Gasteiger partial charge in [-0.1, -0.05) is 78.9 Å². The van der Waals surface area contributed by atoms with Crippen molar-refractivity contribution in [2.24, 2.45) is 0 Å². The Morgan fingerprint density at radius 1 is 0.583 bits per heavy atom. The number of hydrogen-bond acceptors (Lipinski definition) is 5. The number of rotatable bonds is 5. The lowest BCUT2D eigenvalue weighted by Crippen LogP contribution is -1.96. The van der Waals surface area contributed by atoms with Gasteiger partial charge in [0.25, 0.3) is 0 Å². The smallest absolute Gasteiger partial charge is 0.219 e.